The summed E-state index contributed by atoms with van der Waals surface area (Å²) in [5, 5.41) is 3.39. The van der Waals surface area contributed by atoms with Crippen molar-refractivity contribution in [3.8, 4) is 0 Å². The van der Waals surface area contributed by atoms with E-state index in [0.29, 0.717) is 5.56 Å². The van der Waals surface area contributed by atoms with Crippen LogP contribution in [0.3, 0.4) is 0 Å². The number of benzene rings is 1. The molecule has 1 atom stereocenters. The fourth-order valence-corrected chi connectivity index (χ4v) is 2.44. The summed E-state index contributed by atoms with van der Waals surface area (Å²) in [7, 11) is 3.49. The van der Waals surface area contributed by atoms with E-state index in [2.05, 4.69) is 17.3 Å². The van der Waals surface area contributed by atoms with E-state index in [9.17, 15) is 4.79 Å². The average Bonchev–Trinajstić information content (AvgIpc) is 2.97. The van der Waals surface area contributed by atoms with Crippen molar-refractivity contribution in [1.82, 2.24) is 5.32 Å². The molecule has 1 fully saturated rings. The molecule has 104 valence electrons. The normalized spacial score (nSPS) is 18.3. The van der Waals surface area contributed by atoms with Gasteiger partial charge in [-0.15, -0.1) is 0 Å². The molecule has 1 N–H and O–H groups in total. The number of nitrogens with zero attached hydrogens (tertiary/aromatic N) is 1. The van der Waals surface area contributed by atoms with Gasteiger partial charge in [0.05, 0.1) is 12.7 Å². The van der Waals surface area contributed by atoms with Gasteiger partial charge < -0.3 is 15.0 Å². The van der Waals surface area contributed by atoms with Crippen molar-refractivity contribution >= 4 is 11.7 Å². The number of rotatable bonds is 5. The Morgan fingerprint density at radius 2 is 2.16 bits per heavy atom. The molecule has 4 heteroatoms. The highest BCUT2D eigenvalue weighted by Gasteiger charge is 2.15. The average molecular weight is 262 g/mol. The van der Waals surface area contributed by atoms with E-state index in [4.69, 9.17) is 4.74 Å². The van der Waals surface area contributed by atoms with E-state index in [0.717, 1.165) is 31.2 Å². The number of methoxy groups -OCH3 is 1. The van der Waals surface area contributed by atoms with Crippen LogP contribution in [-0.2, 0) is 4.74 Å². The lowest BCUT2D eigenvalue weighted by molar-refractivity contribution is 0.0601. The topological polar surface area (TPSA) is 41.6 Å². The molecule has 1 saturated heterocycles. The molecule has 2 rings (SSSR count). The maximum atomic E-state index is 11.4. The van der Waals surface area contributed by atoms with Gasteiger partial charge in [0.25, 0.3) is 0 Å². The van der Waals surface area contributed by atoms with Gasteiger partial charge in [-0.05, 0) is 56.1 Å². The summed E-state index contributed by atoms with van der Waals surface area (Å²) >= 11 is 0. The molecule has 0 aliphatic carbocycles. The lowest BCUT2D eigenvalue weighted by Gasteiger charge is -2.21. The summed E-state index contributed by atoms with van der Waals surface area (Å²) in [4.78, 5) is 13.6. The molecule has 1 unspecified atom stereocenters. The van der Waals surface area contributed by atoms with E-state index in [1.165, 1.54) is 20.0 Å². The van der Waals surface area contributed by atoms with Crippen molar-refractivity contribution < 1.29 is 9.53 Å². The molecule has 1 aromatic rings. The summed E-state index contributed by atoms with van der Waals surface area (Å²) in [5.41, 5.74) is 1.73. The second-order valence-corrected chi connectivity index (χ2v) is 5.11. The van der Waals surface area contributed by atoms with Crippen molar-refractivity contribution in [3.05, 3.63) is 29.8 Å². The first-order valence-electron chi connectivity index (χ1n) is 6.81. The standard InChI is InChI=1S/C15H22N2O2/c1-17(10-8-12-7-9-16-11-12)14-5-3-13(4-6-14)15(18)19-2/h3-6,12,16H,7-11H2,1-2H3. The Bertz CT molecular complexity index is 411. The Kier molecular flexibility index (Phi) is 4.80. The van der Waals surface area contributed by atoms with E-state index >= 15 is 0 Å². The van der Waals surface area contributed by atoms with Crippen LogP contribution in [0.4, 0.5) is 5.69 Å². The zero-order valence-corrected chi connectivity index (χ0v) is 11.7. The number of nitrogens with one attached hydrogen (secondary N) is 1. The van der Waals surface area contributed by atoms with Gasteiger partial charge in [0.1, 0.15) is 0 Å². The number of esters is 1. The first kappa shape index (κ1) is 13.9. The molecule has 0 amide bonds. The fraction of sp³-hybridized carbons (Fsp3) is 0.533. The molecule has 1 aliphatic rings. The van der Waals surface area contributed by atoms with Gasteiger partial charge in [-0.3, -0.25) is 0 Å². The third-order valence-corrected chi connectivity index (χ3v) is 3.76. The third kappa shape index (κ3) is 3.70. The van der Waals surface area contributed by atoms with Gasteiger partial charge in [-0.25, -0.2) is 4.79 Å². The third-order valence-electron chi connectivity index (χ3n) is 3.76. The zero-order valence-electron chi connectivity index (χ0n) is 11.7. The molecular formula is C15H22N2O2. The monoisotopic (exact) mass is 262 g/mol. The quantitative estimate of drug-likeness (QED) is 0.823. The maximum absolute atomic E-state index is 11.4. The summed E-state index contributed by atoms with van der Waals surface area (Å²) in [6.45, 7) is 3.35. The zero-order chi connectivity index (χ0) is 13.7. The van der Waals surface area contributed by atoms with Crippen molar-refractivity contribution in [2.24, 2.45) is 5.92 Å². The number of hydrogen-bond donors (Lipinski definition) is 1. The van der Waals surface area contributed by atoms with Crippen molar-refractivity contribution in [2.45, 2.75) is 12.8 Å². The second kappa shape index (κ2) is 6.57. The van der Waals surface area contributed by atoms with Gasteiger partial charge in [-0.2, -0.15) is 0 Å². The number of hydrogen-bond acceptors (Lipinski definition) is 4. The van der Waals surface area contributed by atoms with Crippen LogP contribution < -0.4 is 10.2 Å². The molecular weight excluding hydrogens is 240 g/mol. The molecule has 1 aromatic carbocycles. The Morgan fingerprint density at radius 1 is 1.42 bits per heavy atom. The molecule has 19 heavy (non-hydrogen) atoms. The minimum atomic E-state index is -0.286. The SMILES string of the molecule is COC(=O)c1ccc(N(C)CCC2CCNC2)cc1. The van der Waals surface area contributed by atoms with E-state index in [1.54, 1.807) is 0 Å². The van der Waals surface area contributed by atoms with E-state index in [1.807, 2.05) is 24.3 Å². The Morgan fingerprint density at radius 3 is 2.74 bits per heavy atom. The number of carbonyl (C=O) groups excluding carboxylic acids is 1. The predicted octanol–water partition coefficient (Wildman–Crippen LogP) is 1.91. The van der Waals surface area contributed by atoms with Gasteiger partial charge in [0.15, 0.2) is 0 Å². The first-order chi connectivity index (χ1) is 9.20. The number of ether oxygens (including phenoxy) is 1. The summed E-state index contributed by atoms with van der Waals surface area (Å²) in [6, 6.07) is 7.57. The van der Waals surface area contributed by atoms with E-state index < -0.39 is 0 Å². The van der Waals surface area contributed by atoms with Crippen molar-refractivity contribution in [1.29, 1.82) is 0 Å². The minimum absolute atomic E-state index is 0.286. The van der Waals surface area contributed by atoms with Crippen LogP contribution in [0.2, 0.25) is 0 Å². The Hall–Kier alpha value is -1.55. The molecule has 0 spiro atoms. The van der Waals surface area contributed by atoms with Crippen LogP contribution in [-0.4, -0.2) is 39.8 Å². The van der Waals surface area contributed by atoms with Crippen LogP contribution in [0.5, 0.6) is 0 Å². The number of carbonyl (C=O) groups is 1. The molecule has 0 saturated carbocycles. The van der Waals surface area contributed by atoms with Crippen LogP contribution in [0.1, 0.15) is 23.2 Å². The van der Waals surface area contributed by atoms with E-state index in [-0.39, 0.29) is 5.97 Å². The summed E-state index contributed by atoms with van der Waals surface area (Å²) in [5.74, 6) is 0.517. The molecule has 0 radical (unpaired) electrons. The molecule has 1 heterocycles. The highest BCUT2D eigenvalue weighted by atomic mass is 16.5. The van der Waals surface area contributed by atoms with Crippen LogP contribution in [0.15, 0.2) is 24.3 Å². The highest BCUT2D eigenvalue weighted by molar-refractivity contribution is 5.89. The van der Waals surface area contributed by atoms with Crippen LogP contribution >= 0.6 is 0 Å². The fourth-order valence-electron chi connectivity index (χ4n) is 2.44. The summed E-state index contributed by atoms with van der Waals surface area (Å²) < 4.78 is 4.69. The lowest BCUT2D eigenvalue weighted by atomic mass is 10.0. The molecule has 1 aliphatic heterocycles. The largest absolute Gasteiger partial charge is 0.465 e. The predicted molar refractivity (Wildman–Crippen MR) is 76.6 cm³/mol. The van der Waals surface area contributed by atoms with Crippen molar-refractivity contribution in [2.75, 3.05) is 38.7 Å². The Balaban J connectivity index is 1.87. The Labute approximate surface area is 114 Å². The molecule has 4 nitrogen and oxygen atoms in total. The minimum Gasteiger partial charge on any atom is -0.465 e. The van der Waals surface area contributed by atoms with Crippen LogP contribution in [0, 0.1) is 5.92 Å². The summed E-state index contributed by atoms with van der Waals surface area (Å²) in [6.07, 6.45) is 2.50. The maximum Gasteiger partial charge on any atom is 0.337 e. The van der Waals surface area contributed by atoms with Gasteiger partial charge in [0.2, 0.25) is 0 Å². The highest BCUT2D eigenvalue weighted by Crippen LogP contribution is 2.18. The van der Waals surface area contributed by atoms with Gasteiger partial charge in [0, 0.05) is 19.3 Å². The smallest absolute Gasteiger partial charge is 0.337 e. The molecule has 0 aromatic heterocycles. The van der Waals surface area contributed by atoms with Crippen molar-refractivity contribution in [3.63, 3.8) is 0 Å². The lowest BCUT2D eigenvalue weighted by Crippen LogP contribution is -2.22. The van der Waals surface area contributed by atoms with Gasteiger partial charge in [-0.1, -0.05) is 0 Å². The second-order valence-electron chi connectivity index (χ2n) is 5.11. The van der Waals surface area contributed by atoms with Crippen LogP contribution in [0.25, 0.3) is 0 Å². The number of anilines is 1. The van der Waals surface area contributed by atoms with Gasteiger partial charge >= 0.3 is 5.97 Å². The molecule has 0 bridgehead atoms. The first-order valence-corrected chi connectivity index (χ1v) is 6.81.